The number of benzene rings is 1. The highest BCUT2D eigenvalue weighted by molar-refractivity contribution is 6.28. The number of hydrogen-bond acceptors (Lipinski definition) is 13. The molecule has 0 unspecified atom stereocenters. The summed E-state index contributed by atoms with van der Waals surface area (Å²) in [6.07, 6.45) is 9.27. The van der Waals surface area contributed by atoms with Crippen LogP contribution in [0.1, 0.15) is 105 Å². The van der Waals surface area contributed by atoms with E-state index in [9.17, 15) is 43.5 Å². The van der Waals surface area contributed by atoms with Crippen LogP contribution in [-0.2, 0) is 59.0 Å². The fourth-order valence-corrected chi connectivity index (χ4v) is 12.0. The molecule has 2 aliphatic heterocycles. The molecule has 1 aromatic carbocycles. The number of anilines is 1. The van der Waals surface area contributed by atoms with E-state index in [4.69, 9.17) is 24.1 Å². The van der Waals surface area contributed by atoms with Crippen molar-refractivity contribution in [2.45, 2.75) is 142 Å². The molecule has 6 aliphatic rings. The lowest BCUT2D eigenvalue weighted by molar-refractivity contribution is -0.225. The van der Waals surface area contributed by atoms with Crippen LogP contribution in [0.5, 0.6) is 5.75 Å². The van der Waals surface area contributed by atoms with Crippen LogP contribution in [0.25, 0.3) is 0 Å². The lowest BCUT2D eigenvalue weighted by Crippen LogP contribution is -2.66. The molecular formula is C50H64N4O14. The zero-order valence-corrected chi connectivity index (χ0v) is 39.6. The summed E-state index contributed by atoms with van der Waals surface area (Å²) in [6.45, 7) is 10.5. The van der Waals surface area contributed by atoms with Gasteiger partial charge in [-0.2, -0.15) is 0 Å². The molecular weight excluding hydrogens is 881 g/mol. The predicted molar refractivity (Wildman–Crippen MR) is 243 cm³/mol. The molecule has 18 heteroatoms. The highest BCUT2D eigenvalue weighted by Gasteiger charge is 2.80. The number of carboxylic acid groups (broad SMARTS) is 1. The second-order valence-electron chi connectivity index (χ2n) is 19.7. The number of hydrogen-bond donors (Lipinski definition) is 5. The summed E-state index contributed by atoms with van der Waals surface area (Å²) in [5.74, 6) is -4.08. The summed E-state index contributed by atoms with van der Waals surface area (Å²) in [5, 5.41) is 28.9. The monoisotopic (exact) mass is 944 g/mol. The number of imide groups is 1. The Labute approximate surface area is 395 Å². The van der Waals surface area contributed by atoms with Crippen LogP contribution >= 0.6 is 0 Å². The van der Waals surface area contributed by atoms with Gasteiger partial charge in [0, 0.05) is 47.8 Å². The van der Waals surface area contributed by atoms with Crippen LogP contribution in [0.2, 0.25) is 0 Å². The lowest BCUT2D eigenvalue weighted by atomic mass is 9.41. The van der Waals surface area contributed by atoms with E-state index in [0.29, 0.717) is 24.8 Å². The predicted octanol–water partition coefficient (Wildman–Crippen LogP) is 3.52. The number of carboxylic acids is 1. The van der Waals surface area contributed by atoms with Crippen molar-refractivity contribution in [3.05, 3.63) is 59.7 Å². The molecule has 0 bridgehead atoms. The van der Waals surface area contributed by atoms with E-state index in [1.54, 1.807) is 18.2 Å². The number of aliphatic hydroxyl groups excluding tert-OH is 1. The molecule has 18 nitrogen and oxygen atoms in total. The number of aliphatic hydroxyl groups is 1. The van der Waals surface area contributed by atoms with Crippen molar-refractivity contribution in [1.82, 2.24) is 16.0 Å². The molecule has 0 spiro atoms. The van der Waals surface area contributed by atoms with Crippen molar-refractivity contribution >= 4 is 52.8 Å². The number of allylic oxidation sites excluding steroid dienone is 4. The van der Waals surface area contributed by atoms with Gasteiger partial charge < -0.3 is 45.1 Å². The summed E-state index contributed by atoms with van der Waals surface area (Å²) in [5.41, 5.74) is -1.43. The number of aryl methyl sites for hydroxylation is 1. The number of aliphatic carboxylic acids is 1. The van der Waals surface area contributed by atoms with Gasteiger partial charge in [0.15, 0.2) is 23.5 Å². The normalized spacial score (nSPS) is 32.0. The fraction of sp³-hybridized carbons (Fsp3) is 0.600. The Bertz CT molecular complexity index is 2310. The van der Waals surface area contributed by atoms with Crippen molar-refractivity contribution in [3.63, 3.8) is 0 Å². The average Bonchev–Trinajstić information content (AvgIpc) is 3.88. The van der Waals surface area contributed by atoms with Crippen LogP contribution in [0, 0.1) is 28.1 Å². The van der Waals surface area contributed by atoms with Gasteiger partial charge in [-0.1, -0.05) is 51.8 Å². The lowest BCUT2D eigenvalue weighted by Gasteiger charge is -2.64. The first-order chi connectivity index (χ1) is 32.2. The SMILES string of the molecule is CCC[C@@H]1O[C@@H]2C[C@@]3(C)[C@@H]4CCC5=CC(=O)C=C[C@]5(C)[C@H]4[C@@H](O)C[C@]3(C)[C@]2(C(=O)COCNC(=O)[C@H](C)NC(=O)[C@H](C)NC(=O)CCc2ccc(N3C(=O)C=CC3=O)cc2OCCCC(=O)O)O1. The first-order valence-electron chi connectivity index (χ1n) is 23.7. The zero-order chi connectivity index (χ0) is 49.3. The standard InChI is InChI=1S/C50H64N4O14/c1-7-9-43-67-38-25-48(5)34-15-13-31-22-33(55)19-20-47(31,4)44(34)35(56)24-49(48,6)50(38,68-43)37(57)26-65-27-51-45(63)28(2)53-46(64)29(3)52-39(58)16-12-30-11-14-32(54-40(59)17-18-41(54)60)23-36(30)66-21-8-10-42(61)62/h11,14,17-20,22-23,28-29,34-35,38,43-44,56H,7-10,12-13,15-16,21,24-27H2,1-6H3,(H,51,63)(H,52,58)(H,53,64)(H,61,62)/t28-,29-,34+,35-,38+,43+,44+,47-,48-,49-,50+/m0/s1. The van der Waals surface area contributed by atoms with Gasteiger partial charge >= 0.3 is 5.97 Å². The van der Waals surface area contributed by atoms with Gasteiger partial charge in [-0.25, -0.2) is 4.90 Å². The van der Waals surface area contributed by atoms with Crippen LogP contribution in [-0.4, -0.2) is 113 Å². The number of ether oxygens (including phenoxy) is 4. The van der Waals surface area contributed by atoms with E-state index in [-0.39, 0.29) is 80.3 Å². The van der Waals surface area contributed by atoms with Crippen LogP contribution < -0.4 is 25.6 Å². The van der Waals surface area contributed by atoms with Crippen molar-refractivity contribution in [3.8, 4) is 5.75 Å². The van der Waals surface area contributed by atoms with Crippen molar-refractivity contribution in [2.24, 2.45) is 28.1 Å². The van der Waals surface area contributed by atoms with Gasteiger partial charge in [0.25, 0.3) is 11.8 Å². The minimum Gasteiger partial charge on any atom is -0.493 e. The molecule has 7 rings (SSSR count). The summed E-state index contributed by atoms with van der Waals surface area (Å²) in [4.78, 5) is 103. The largest absolute Gasteiger partial charge is 0.493 e. The third kappa shape index (κ3) is 9.19. The van der Waals surface area contributed by atoms with Crippen LogP contribution in [0.15, 0.2) is 54.2 Å². The summed E-state index contributed by atoms with van der Waals surface area (Å²) in [6, 6.07) is 2.53. The molecule has 4 aliphatic carbocycles. The van der Waals surface area contributed by atoms with Crippen LogP contribution in [0.3, 0.4) is 0 Å². The number of rotatable bonds is 20. The molecule has 11 atom stereocenters. The molecule has 2 heterocycles. The van der Waals surface area contributed by atoms with Gasteiger partial charge in [0.2, 0.25) is 17.7 Å². The van der Waals surface area contributed by atoms with E-state index < -0.39 is 94.5 Å². The number of carbonyl (C=O) groups excluding carboxylic acids is 7. The Balaban J connectivity index is 0.911. The molecule has 1 aromatic rings. The summed E-state index contributed by atoms with van der Waals surface area (Å²) < 4.78 is 24.9. The minimum atomic E-state index is -1.42. The maximum Gasteiger partial charge on any atom is 0.303 e. The highest BCUT2D eigenvalue weighted by Crippen LogP contribution is 2.75. The third-order valence-electron chi connectivity index (χ3n) is 15.7. The number of nitrogens with zero attached hydrogens (tertiary/aromatic N) is 1. The van der Waals surface area contributed by atoms with Crippen molar-refractivity contribution in [2.75, 3.05) is 24.8 Å². The number of Topliss-reactive ketones (excluding diaryl/α,β-unsaturated/α-hetero) is 1. The Kier molecular flexibility index (Phi) is 14.7. The van der Waals surface area contributed by atoms with Gasteiger partial charge in [-0.05, 0) is 93.9 Å². The molecule has 5 N–H and O–H groups in total. The molecule has 0 aromatic heterocycles. The van der Waals surface area contributed by atoms with E-state index in [2.05, 4.69) is 29.8 Å². The highest BCUT2D eigenvalue weighted by atomic mass is 16.7. The number of fused-ring (bicyclic) bond motifs is 7. The Morgan fingerprint density at radius 1 is 0.956 bits per heavy atom. The maximum absolute atomic E-state index is 14.7. The Morgan fingerprint density at radius 3 is 2.38 bits per heavy atom. The quantitative estimate of drug-likeness (QED) is 0.0713. The third-order valence-corrected chi connectivity index (χ3v) is 15.7. The minimum absolute atomic E-state index is 0.000635. The van der Waals surface area contributed by atoms with E-state index >= 15 is 0 Å². The molecule has 1 saturated heterocycles. The van der Waals surface area contributed by atoms with Crippen molar-refractivity contribution in [1.29, 1.82) is 0 Å². The average molecular weight is 945 g/mol. The number of carbonyl (C=O) groups is 8. The van der Waals surface area contributed by atoms with Gasteiger partial charge in [-0.3, -0.25) is 38.4 Å². The summed E-state index contributed by atoms with van der Waals surface area (Å²) in [7, 11) is 0. The molecule has 4 fully saturated rings. The van der Waals surface area contributed by atoms with Gasteiger partial charge in [-0.15, -0.1) is 0 Å². The Morgan fingerprint density at radius 2 is 1.68 bits per heavy atom. The number of ketones is 2. The topological polar surface area (TPSA) is 253 Å². The second kappa shape index (κ2) is 19.8. The second-order valence-corrected chi connectivity index (χ2v) is 19.7. The van der Waals surface area contributed by atoms with E-state index in [1.165, 1.54) is 26.0 Å². The maximum atomic E-state index is 14.7. The smallest absolute Gasteiger partial charge is 0.303 e. The van der Waals surface area contributed by atoms with Crippen LogP contribution in [0.4, 0.5) is 5.69 Å². The molecule has 3 saturated carbocycles. The molecule has 0 radical (unpaired) electrons. The fourth-order valence-electron chi connectivity index (χ4n) is 12.0. The van der Waals surface area contributed by atoms with Gasteiger partial charge in [0.05, 0.1) is 24.5 Å². The number of amides is 5. The zero-order valence-electron chi connectivity index (χ0n) is 39.6. The summed E-state index contributed by atoms with van der Waals surface area (Å²) >= 11 is 0. The number of nitrogens with one attached hydrogen (secondary N) is 3. The molecule has 68 heavy (non-hydrogen) atoms. The van der Waals surface area contributed by atoms with E-state index in [1.807, 2.05) is 19.9 Å². The molecule has 5 amide bonds. The van der Waals surface area contributed by atoms with Crippen molar-refractivity contribution < 1.29 is 67.5 Å². The van der Waals surface area contributed by atoms with E-state index in [0.717, 1.165) is 35.5 Å². The van der Waals surface area contributed by atoms with Gasteiger partial charge in [0.1, 0.15) is 31.2 Å². The molecule has 368 valence electrons. The first-order valence-corrected chi connectivity index (χ1v) is 23.7. The Hall–Kier alpha value is -5.56. The first kappa shape index (κ1) is 50.3.